The van der Waals surface area contributed by atoms with Crippen LogP contribution in [0, 0.1) is 5.92 Å². The van der Waals surface area contributed by atoms with E-state index >= 15 is 0 Å². The second-order valence-corrected chi connectivity index (χ2v) is 8.20. The van der Waals surface area contributed by atoms with Crippen molar-refractivity contribution in [3.05, 3.63) is 47.5 Å². The highest BCUT2D eigenvalue weighted by Crippen LogP contribution is 2.37. The van der Waals surface area contributed by atoms with Gasteiger partial charge in [-0.1, -0.05) is 42.4 Å². The Morgan fingerprint density at radius 3 is 2.62 bits per heavy atom. The number of piperidine rings is 1. The Morgan fingerprint density at radius 1 is 1.09 bits per heavy atom. The van der Waals surface area contributed by atoms with Crippen LogP contribution in [0.2, 0.25) is 0 Å². The SMILES string of the molecule is CC1CCN(Cc2nc(-c3ccccc3)no2)C2=C1C(=O)N(C1CCC(=O)NC1=O)C2=O. The third kappa shape index (κ3) is 3.28. The molecule has 2 atom stereocenters. The van der Waals surface area contributed by atoms with Crippen LogP contribution >= 0.6 is 0 Å². The summed E-state index contributed by atoms with van der Waals surface area (Å²) < 4.78 is 5.39. The van der Waals surface area contributed by atoms with Crippen LogP contribution in [0.25, 0.3) is 11.4 Å². The van der Waals surface area contributed by atoms with Gasteiger partial charge in [0.1, 0.15) is 11.7 Å². The number of amides is 4. The van der Waals surface area contributed by atoms with Crippen molar-refractivity contribution in [2.24, 2.45) is 5.92 Å². The molecule has 32 heavy (non-hydrogen) atoms. The molecule has 0 radical (unpaired) electrons. The van der Waals surface area contributed by atoms with Gasteiger partial charge in [0.25, 0.3) is 11.8 Å². The monoisotopic (exact) mass is 435 g/mol. The topological polar surface area (TPSA) is 126 Å². The number of aromatic nitrogens is 2. The average Bonchev–Trinajstić information content (AvgIpc) is 3.35. The Kier molecular flexibility index (Phi) is 4.84. The summed E-state index contributed by atoms with van der Waals surface area (Å²) in [6, 6.07) is 8.40. The molecule has 1 fully saturated rings. The van der Waals surface area contributed by atoms with E-state index in [1.54, 1.807) is 4.90 Å². The molecule has 0 saturated carbocycles. The summed E-state index contributed by atoms with van der Waals surface area (Å²) in [4.78, 5) is 57.5. The van der Waals surface area contributed by atoms with Gasteiger partial charge in [0.2, 0.25) is 23.5 Å². The fourth-order valence-corrected chi connectivity index (χ4v) is 4.46. The Hall–Kier alpha value is -3.82. The number of carbonyl (C=O) groups excluding carboxylic acids is 4. The number of hydrogen-bond donors (Lipinski definition) is 1. The Morgan fingerprint density at radius 2 is 1.88 bits per heavy atom. The lowest BCUT2D eigenvalue weighted by Crippen LogP contribution is -2.55. The van der Waals surface area contributed by atoms with Gasteiger partial charge in [0, 0.05) is 24.1 Å². The van der Waals surface area contributed by atoms with Gasteiger partial charge in [0.15, 0.2) is 0 Å². The van der Waals surface area contributed by atoms with Crippen LogP contribution in [-0.4, -0.2) is 56.2 Å². The maximum absolute atomic E-state index is 13.3. The normalized spacial score (nSPS) is 23.7. The van der Waals surface area contributed by atoms with Crippen LogP contribution in [0.3, 0.4) is 0 Å². The maximum Gasteiger partial charge on any atom is 0.278 e. The van der Waals surface area contributed by atoms with Crippen molar-refractivity contribution in [3.8, 4) is 11.4 Å². The summed E-state index contributed by atoms with van der Waals surface area (Å²) in [6.07, 6.45) is 0.879. The molecule has 2 aromatic rings. The van der Waals surface area contributed by atoms with Crippen molar-refractivity contribution in [2.45, 2.75) is 38.8 Å². The first-order valence-electron chi connectivity index (χ1n) is 10.5. The molecule has 3 aliphatic heterocycles. The fraction of sp³-hybridized carbons (Fsp3) is 0.364. The minimum atomic E-state index is -0.986. The molecule has 164 valence electrons. The summed E-state index contributed by atoms with van der Waals surface area (Å²) in [7, 11) is 0. The molecule has 1 aromatic heterocycles. The van der Waals surface area contributed by atoms with E-state index in [9.17, 15) is 19.2 Å². The van der Waals surface area contributed by atoms with Crippen LogP contribution in [0.1, 0.15) is 32.1 Å². The van der Waals surface area contributed by atoms with Crippen molar-refractivity contribution < 1.29 is 23.7 Å². The van der Waals surface area contributed by atoms with E-state index in [4.69, 9.17) is 4.52 Å². The van der Waals surface area contributed by atoms with E-state index in [1.165, 1.54) is 0 Å². The van der Waals surface area contributed by atoms with E-state index in [2.05, 4.69) is 15.5 Å². The van der Waals surface area contributed by atoms with Gasteiger partial charge in [-0.15, -0.1) is 0 Å². The van der Waals surface area contributed by atoms with Crippen LogP contribution in [0.15, 0.2) is 46.1 Å². The van der Waals surface area contributed by atoms with Gasteiger partial charge >= 0.3 is 0 Å². The van der Waals surface area contributed by atoms with Crippen molar-refractivity contribution in [1.82, 2.24) is 25.3 Å². The van der Waals surface area contributed by atoms with Crippen molar-refractivity contribution >= 4 is 23.6 Å². The number of hydrogen-bond acceptors (Lipinski definition) is 8. The highest BCUT2D eigenvalue weighted by atomic mass is 16.5. The molecule has 1 saturated heterocycles. The average molecular weight is 435 g/mol. The molecular formula is C22H21N5O5. The third-order valence-electron chi connectivity index (χ3n) is 6.11. The predicted molar refractivity (Wildman–Crippen MR) is 109 cm³/mol. The number of imide groups is 2. The van der Waals surface area contributed by atoms with Crippen LogP contribution in [0.4, 0.5) is 0 Å². The van der Waals surface area contributed by atoms with Gasteiger partial charge in [-0.3, -0.25) is 29.4 Å². The second-order valence-electron chi connectivity index (χ2n) is 8.20. The van der Waals surface area contributed by atoms with E-state index in [0.29, 0.717) is 30.3 Å². The van der Waals surface area contributed by atoms with E-state index < -0.39 is 29.7 Å². The number of nitrogens with one attached hydrogen (secondary N) is 1. The standard InChI is InChI=1S/C22H21N5O5/c1-12-9-10-26(11-16-24-19(25-32-16)13-5-3-2-4-6-13)18-17(12)21(30)27(22(18)31)14-7-8-15(28)23-20(14)29/h2-6,12,14H,7-11H2,1H3,(H,23,28,29). The maximum atomic E-state index is 13.3. The predicted octanol–water partition coefficient (Wildman–Crippen LogP) is 1.01. The molecule has 0 bridgehead atoms. The van der Waals surface area contributed by atoms with Crippen LogP contribution < -0.4 is 5.32 Å². The summed E-state index contributed by atoms with van der Waals surface area (Å²) in [6.45, 7) is 2.60. The van der Waals surface area contributed by atoms with Gasteiger partial charge in [0.05, 0.1) is 6.54 Å². The molecule has 4 heterocycles. The van der Waals surface area contributed by atoms with Crippen molar-refractivity contribution in [3.63, 3.8) is 0 Å². The molecule has 0 spiro atoms. The molecule has 1 aromatic carbocycles. The van der Waals surface area contributed by atoms with Gasteiger partial charge in [-0.05, 0) is 18.8 Å². The highest BCUT2D eigenvalue weighted by Gasteiger charge is 2.50. The molecule has 2 unspecified atom stereocenters. The number of rotatable bonds is 4. The highest BCUT2D eigenvalue weighted by molar-refractivity contribution is 6.21. The molecule has 3 aliphatic rings. The van der Waals surface area contributed by atoms with E-state index in [1.807, 2.05) is 37.3 Å². The summed E-state index contributed by atoms with van der Waals surface area (Å²) in [5.41, 5.74) is 1.48. The quantitative estimate of drug-likeness (QED) is 0.705. The zero-order valence-corrected chi connectivity index (χ0v) is 17.4. The summed E-state index contributed by atoms with van der Waals surface area (Å²) in [5.74, 6) is -1.36. The number of nitrogens with zero attached hydrogens (tertiary/aromatic N) is 4. The molecule has 5 rings (SSSR count). The smallest absolute Gasteiger partial charge is 0.278 e. The molecule has 1 N–H and O–H groups in total. The Labute approximate surface area is 183 Å². The molecule has 10 nitrogen and oxygen atoms in total. The van der Waals surface area contributed by atoms with Gasteiger partial charge in [-0.25, -0.2) is 0 Å². The first kappa shape index (κ1) is 20.1. The molecule has 0 aliphatic carbocycles. The lowest BCUT2D eigenvalue weighted by atomic mass is 9.92. The van der Waals surface area contributed by atoms with Gasteiger partial charge < -0.3 is 9.42 Å². The van der Waals surface area contributed by atoms with Crippen molar-refractivity contribution in [1.29, 1.82) is 0 Å². The minimum absolute atomic E-state index is 0.0850. The second kappa shape index (κ2) is 7.70. The van der Waals surface area contributed by atoms with Crippen molar-refractivity contribution in [2.75, 3.05) is 6.54 Å². The summed E-state index contributed by atoms with van der Waals surface area (Å²) >= 11 is 0. The number of benzene rings is 1. The Bertz CT molecular complexity index is 1150. The molecular weight excluding hydrogens is 414 g/mol. The zero-order valence-electron chi connectivity index (χ0n) is 17.4. The van der Waals surface area contributed by atoms with Crippen LogP contribution in [-0.2, 0) is 25.7 Å². The molecule has 4 amide bonds. The lowest BCUT2D eigenvalue weighted by Gasteiger charge is -2.30. The molecule has 10 heteroatoms. The van der Waals surface area contributed by atoms with Crippen LogP contribution in [0.5, 0.6) is 0 Å². The first-order valence-corrected chi connectivity index (χ1v) is 10.5. The minimum Gasteiger partial charge on any atom is -0.357 e. The van der Waals surface area contributed by atoms with E-state index in [-0.39, 0.29) is 31.0 Å². The third-order valence-corrected chi connectivity index (χ3v) is 6.11. The van der Waals surface area contributed by atoms with Gasteiger partial charge in [-0.2, -0.15) is 4.98 Å². The largest absolute Gasteiger partial charge is 0.357 e. The zero-order chi connectivity index (χ0) is 22.4. The first-order chi connectivity index (χ1) is 15.4. The number of carbonyl (C=O) groups is 4. The Balaban J connectivity index is 1.41. The van der Waals surface area contributed by atoms with E-state index in [0.717, 1.165) is 10.5 Å². The summed E-state index contributed by atoms with van der Waals surface area (Å²) in [5, 5.41) is 6.24. The lowest BCUT2D eigenvalue weighted by molar-refractivity contribution is -0.150. The fourth-order valence-electron chi connectivity index (χ4n) is 4.46.